The summed E-state index contributed by atoms with van der Waals surface area (Å²) in [5.74, 6) is 0. The van der Waals surface area contributed by atoms with E-state index < -0.39 is 6.17 Å². The smallest absolute Gasteiger partial charge is 0.100 e. The van der Waals surface area contributed by atoms with Crippen LogP contribution in [0.2, 0.25) is 0 Å². The van der Waals surface area contributed by atoms with Crippen molar-refractivity contribution in [3.8, 4) is 0 Å². The van der Waals surface area contributed by atoms with Crippen LogP contribution < -0.4 is 0 Å². The molecule has 0 N–H and O–H groups in total. The van der Waals surface area contributed by atoms with Gasteiger partial charge in [0.1, 0.15) is 6.17 Å². The fourth-order valence-corrected chi connectivity index (χ4v) is 1.94. The van der Waals surface area contributed by atoms with Gasteiger partial charge in [0.05, 0.1) is 0 Å². The van der Waals surface area contributed by atoms with Crippen LogP contribution in [0, 0.1) is 10.8 Å². The summed E-state index contributed by atoms with van der Waals surface area (Å²) in [4.78, 5) is 0. The van der Waals surface area contributed by atoms with Gasteiger partial charge in [-0.1, -0.05) is 13.8 Å². The van der Waals surface area contributed by atoms with Crippen molar-refractivity contribution < 1.29 is 4.39 Å². The molecule has 0 unspecified atom stereocenters. The van der Waals surface area contributed by atoms with Crippen LogP contribution in [0.1, 0.15) is 46.0 Å². The van der Waals surface area contributed by atoms with Crippen molar-refractivity contribution in [2.45, 2.75) is 52.1 Å². The van der Waals surface area contributed by atoms with E-state index in [4.69, 9.17) is 0 Å². The maximum absolute atomic E-state index is 11.5. The summed E-state index contributed by atoms with van der Waals surface area (Å²) in [6, 6.07) is 0. The first kappa shape index (κ1) is 7.57. The molecule has 0 aromatic heterocycles. The first-order valence-corrected chi connectivity index (χ1v) is 4.70. The van der Waals surface area contributed by atoms with Crippen LogP contribution in [0.5, 0.6) is 0 Å². The van der Waals surface area contributed by atoms with Gasteiger partial charge in [0.2, 0.25) is 0 Å². The second-order valence-electron chi connectivity index (χ2n) is 5.00. The van der Waals surface area contributed by atoms with E-state index in [0.29, 0.717) is 0 Å². The number of fused-ring (bicyclic) bond motifs is 1. The van der Waals surface area contributed by atoms with Gasteiger partial charge >= 0.3 is 0 Å². The summed E-state index contributed by atoms with van der Waals surface area (Å²) >= 11 is 0. The molecule has 3 fully saturated rings. The summed E-state index contributed by atoms with van der Waals surface area (Å²) in [6.07, 6.45) is 5.34. The van der Waals surface area contributed by atoms with Crippen molar-refractivity contribution in [1.82, 2.24) is 0 Å². The minimum absolute atomic E-state index is 0.435. The van der Waals surface area contributed by atoms with Gasteiger partial charge in [-0.05, 0) is 42.9 Å². The average Bonchev–Trinajstić information content (AvgIpc) is 2.48. The highest BCUT2D eigenvalue weighted by Crippen LogP contribution is 2.85. The van der Waals surface area contributed by atoms with E-state index in [9.17, 15) is 4.39 Å². The van der Waals surface area contributed by atoms with Gasteiger partial charge in [0, 0.05) is 0 Å². The lowest BCUT2D eigenvalue weighted by Crippen LogP contribution is -2.09. The van der Waals surface area contributed by atoms with E-state index in [-0.39, 0.29) is 0 Å². The molecule has 0 amide bonds. The lowest BCUT2D eigenvalue weighted by Gasteiger charge is -2.14. The molecule has 1 heteroatoms. The molecule has 3 rings (SSSR count). The van der Waals surface area contributed by atoms with Crippen molar-refractivity contribution in [2.75, 3.05) is 0 Å². The minimum atomic E-state index is -0.435. The van der Waals surface area contributed by atoms with Crippen LogP contribution in [-0.4, -0.2) is 6.17 Å². The molecular formula is C10H17F. The normalized spacial score (nSPS) is 51.5. The van der Waals surface area contributed by atoms with E-state index in [0.717, 1.165) is 30.1 Å². The predicted molar refractivity (Wildman–Crippen MR) is 44.2 cm³/mol. The maximum atomic E-state index is 11.5. The zero-order valence-electron chi connectivity index (χ0n) is 7.49. The Morgan fingerprint density at radius 3 is 1.36 bits per heavy atom. The van der Waals surface area contributed by atoms with Gasteiger partial charge in [-0.15, -0.1) is 0 Å². The summed E-state index contributed by atoms with van der Waals surface area (Å²) in [6.45, 7) is 4.76. The Labute approximate surface area is 68.2 Å². The number of hydrogen-bond donors (Lipinski definition) is 0. The molecule has 0 atom stereocenters. The standard InChI is InChI=1S/C6H10.C4H7F/c1-5-3-6(5,2)4-5;5-4-2-1-3-4/h3-4H2,1-2H3;4H,1-3H2. The molecule has 0 saturated heterocycles. The fraction of sp³-hybridized carbons (Fsp3) is 1.00. The molecule has 0 nitrogen and oxygen atoms in total. The van der Waals surface area contributed by atoms with Crippen LogP contribution in [-0.2, 0) is 0 Å². The second kappa shape index (κ2) is 1.99. The Kier molecular flexibility index (Phi) is 1.37. The van der Waals surface area contributed by atoms with Crippen LogP contribution in [0.4, 0.5) is 4.39 Å². The third-order valence-electron chi connectivity index (χ3n) is 3.80. The predicted octanol–water partition coefficient (Wildman–Crippen LogP) is 3.31. The second-order valence-corrected chi connectivity index (χ2v) is 5.00. The first-order valence-electron chi connectivity index (χ1n) is 4.70. The van der Waals surface area contributed by atoms with Crippen molar-refractivity contribution >= 4 is 0 Å². The Morgan fingerprint density at radius 1 is 1.09 bits per heavy atom. The number of rotatable bonds is 0. The lowest BCUT2D eigenvalue weighted by molar-refractivity contribution is 0.211. The SMILES string of the molecule is CC12CC1(C)C2.FC1CCC1. The monoisotopic (exact) mass is 156 g/mol. The summed E-state index contributed by atoms with van der Waals surface area (Å²) in [5, 5.41) is 0. The zero-order chi connectivity index (χ0) is 8.11. The molecule has 0 aliphatic heterocycles. The third kappa shape index (κ3) is 1.19. The number of alkyl halides is 1. The Balaban J connectivity index is 0.0000000893. The third-order valence-corrected chi connectivity index (χ3v) is 3.80. The van der Waals surface area contributed by atoms with E-state index in [1.165, 1.54) is 12.8 Å². The molecule has 0 bridgehead atoms. The molecule has 0 spiro atoms. The zero-order valence-corrected chi connectivity index (χ0v) is 7.49. The molecule has 0 aromatic carbocycles. The Morgan fingerprint density at radius 2 is 1.36 bits per heavy atom. The van der Waals surface area contributed by atoms with Crippen LogP contribution in [0.15, 0.2) is 0 Å². The largest absolute Gasteiger partial charge is 0.247 e. The van der Waals surface area contributed by atoms with Crippen molar-refractivity contribution in [2.24, 2.45) is 10.8 Å². The highest BCUT2D eigenvalue weighted by molar-refractivity contribution is 5.25. The molecule has 11 heavy (non-hydrogen) atoms. The van der Waals surface area contributed by atoms with Crippen molar-refractivity contribution in [3.63, 3.8) is 0 Å². The van der Waals surface area contributed by atoms with Gasteiger partial charge in [-0.2, -0.15) is 0 Å². The van der Waals surface area contributed by atoms with Gasteiger partial charge in [-0.3, -0.25) is 0 Å². The topological polar surface area (TPSA) is 0 Å². The van der Waals surface area contributed by atoms with Gasteiger partial charge in [0.15, 0.2) is 0 Å². The molecule has 0 heterocycles. The summed E-state index contributed by atoms with van der Waals surface area (Å²) < 4.78 is 11.5. The van der Waals surface area contributed by atoms with E-state index in [2.05, 4.69) is 13.8 Å². The quantitative estimate of drug-likeness (QED) is 0.504. The average molecular weight is 156 g/mol. The molecule has 3 aliphatic rings. The van der Waals surface area contributed by atoms with E-state index >= 15 is 0 Å². The Bertz CT molecular complexity index is 152. The van der Waals surface area contributed by atoms with Crippen molar-refractivity contribution in [1.29, 1.82) is 0 Å². The molecular weight excluding hydrogens is 139 g/mol. The number of hydrogen-bond acceptors (Lipinski definition) is 0. The molecule has 0 radical (unpaired) electrons. The molecule has 3 saturated carbocycles. The van der Waals surface area contributed by atoms with Gasteiger partial charge < -0.3 is 0 Å². The van der Waals surface area contributed by atoms with Crippen LogP contribution in [0.3, 0.4) is 0 Å². The molecule has 0 aromatic rings. The van der Waals surface area contributed by atoms with Gasteiger partial charge in [0.25, 0.3) is 0 Å². The highest BCUT2D eigenvalue weighted by atomic mass is 19.1. The van der Waals surface area contributed by atoms with E-state index in [1.54, 1.807) is 0 Å². The summed E-state index contributed by atoms with van der Waals surface area (Å²) in [7, 11) is 0. The molecule has 3 aliphatic carbocycles. The Hall–Kier alpha value is -0.0700. The summed E-state index contributed by atoms with van der Waals surface area (Å²) in [5.41, 5.74) is 1.71. The van der Waals surface area contributed by atoms with Gasteiger partial charge in [-0.25, -0.2) is 4.39 Å². The first-order chi connectivity index (χ1) is 5.06. The minimum Gasteiger partial charge on any atom is -0.247 e. The van der Waals surface area contributed by atoms with Crippen LogP contribution in [0.25, 0.3) is 0 Å². The van der Waals surface area contributed by atoms with Crippen LogP contribution >= 0.6 is 0 Å². The fourth-order valence-electron chi connectivity index (χ4n) is 1.94. The van der Waals surface area contributed by atoms with E-state index in [1.807, 2.05) is 0 Å². The maximum Gasteiger partial charge on any atom is 0.100 e. The highest BCUT2D eigenvalue weighted by Gasteiger charge is 2.76. The molecule has 64 valence electrons. The lowest BCUT2D eigenvalue weighted by atomic mass is 9.98. The number of halogens is 1. The van der Waals surface area contributed by atoms with Crippen molar-refractivity contribution in [3.05, 3.63) is 0 Å².